The Morgan fingerprint density at radius 1 is 1.25 bits per heavy atom. The van der Waals surface area contributed by atoms with Crippen LogP contribution < -0.4 is 15.0 Å². The van der Waals surface area contributed by atoms with E-state index in [1.165, 1.54) is 12.8 Å². The number of carbonyl (C=O) groups is 1. The fourth-order valence-electron chi connectivity index (χ4n) is 2.78. The molecule has 0 aliphatic carbocycles. The third-order valence-electron chi connectivity index (χ3n) is 4.12. The van der Waals surface area contributed by atoms with Gasteiger partial charge < -0.3 is 15.0 Å². The number of aryl methyl sites for hydroxylation is 1. The molecule has 1 amide bonds. The molecule has 1 aliphatic heterocycles. The van der Waals surface area contributed by atoms with Crippen molar-refractivity contribution in [3.63, 3.8) is 0 Å². The lowest BCUT2D eigenvalue weighted by Crippen LogP contribution is -2.30. The molecule has 1 aromatic carbocycles. The second kappa shape index (κ2) is 7.34. The van der Waals surface area contributed by atoms with Gasteiger partial charge in [0.25, 0.3) is 5.91 Å². The minimum absolute atomic E-state index is 0.188. The summed E-state index contributed by atoms with van der Waals surface area (Å²) in [6.45, 7) is 5.84. The molecule has 2 heterocycles. The molecule has 5 heteroatoms. The Kier molecular flexibility index (Phi) is 4.99. The van der Waals surface area contributed by atoms with Gasteiger partial charge >= 0.3 is 0 Å². The lowest BCUT2D eigenvalue weighted by atomic mass is 10.2. The molecule has 0 radical (unpaired) electrons. The summed E-state index contributed by atoms with van der Waals surface area (Å²) >= 11 is 0. The maximum Gasteiger partial charge on any atom is 0.265 e. The molecule has 0 saturated carbocycles. The van der Waals surface area contributed by atoms with Crippen molar-refractivity contribution < 1.29 is 9.53 Å². The van der Waals surface area contributed by atoms with Gasteiger partial charge in [0, 0.05) is 13.1 Å². The van der Waals surface area contributed by atoms with Crippen molar-refractivity contribution in [2.75, 3.05) is 23.3 Å². The molecule has 1 atom stereocenters. The minimum Gasteiger partial charge on any atom is -0.481 e. The van der Waals surface area contributed by atoms with E-state index in [0.29, 0.717) is 11.4 Å². The second-order valence-electron chi connectivity index (χ2n) is 6.17. The van der Waals surface area contributed by atoms with Gasteiger partial charge in [-0.15, -0.1) is 0 Å². The number of hydrogen-bond acceptors (Lipinski definition) is 4. The summed E-state index contributed by atoms with van der Waals surface area (Å²) < 4.78 is 5.69. The molecule has 1 saturated heterocycles. The molecule has 1 fully saturated rings. The van der Waals surface area contributed by atoms with Crippen molar-refractivity contribution >= 4 is 17.4 Å². The predicted molar refractivity (Wildman–Crippen MR) is 95.6 cm³/mol. The zero-order valence-corrected chi connectivity index (χ0v) is 14.2. The van der Waals surface area contributed by atoms with E-state index < -0.39 is 6.10 Å². The van der Waals surface area contributed by atoms with Gasteiger partial charge in [-0.25, -0.2) is 4.98 Å². The number of rotatable bonds is 5. The Labute approximate surface area is 142 Å². The van der Waals surface area contributed by atoms with Crippen LogP contribution in [0.1, 0.15) is 25.3 Å². The molecular formula is C19H23N3O2. The van der Waals surface area contributed by atoms with Crippen molar-refractivity contribution in [1.82, 2.24) is 4.98 Å². The van der Waals surface area contributed by atoms with Gasteiger partial charge in [0.05, 0.1) is 11.9 Å². The van der Waals surface area contributed by atoms with Crippen molar-refractivity contribution in [2.45, 2.75) is 32.8 Å². The van der Waals surface area contributed by atoms with Crippen LogP contribution in [0, 0.1) is 6.92 Å². The molecule has 1 aliphatic rings. The van der Waals surface area contributed by atoms with Crippen molar-refractivity contribution in [3.8, 4) is 5.75 Å². The molecule has 126 valence electrons. The number of aromatic nitrogens is 1. The van der Waals surface area contributed by atoms with Crippen LogP contribution in [0.25, 0.3) is 0 Å². The summed E-state index contributed by atoms with van der Waals surface area (Å²) in [6, 6.07) is 11.5. The zero-order chi connectivity index (χ0) is 16.9. The third kappa shape index (κ3) is 4.04. The summed E-state index contributed by atoms with van der Waals surface area (Å²) in [5, 5.41) is 2.85. The lowest BCUT2D eigenvalue weighted by Gasteiger charge is -2.17. The highest BCUT2D eigenvalue weighted by molar-refractivity contribution is 5.94. The predicted octanol–water partition coefficient (Wildman–Crippen LogP) is 3.40. The largest absolute Gasteiger partial charge is 0.481 e. The maximum atomic E-state index is 12.3. The van der Waals surface area contributed by atoms with Crippen LogP contribution in [-0.2, 0) is 4.79 Å². The van der Waals surface area contributed by atoms with E-state index in [2.05, 4.69) is 15.2 Å². The van der Waals surface area contributed by atoms with Crippen LogP contribution in [-0.4, -0.2) is 30.1 Å². The van der Waals surface area contributed by atoms with Crippen LogP contribution in [0.5, 0.6) is 5.75 Å². The number of benzene rings is 1. The van der Waals surface area contributed by atoms with Gasteiger partial charge in [-0.2, -0.15) is 0 Å². The molecular weight excluding hydrogens is 302 g/mol. The fourth-order valence-corrected chi connectivity index (χ4v) is 2.78. The van der Waals surface area contributed by atoms with E-state index in [4.69, 9.17) is 4.74 Å². The van der Waals surface area contributed by atoms with E-state index in [1.807, 2.05) is 43.3 Å². The van der Waals surface area contributed by atoms with Gasteiger partial charge in [-0.05, 0) is 56.5 Å². The van der Waals surface area contributed by atoms with Gasteiger partial charge in [0.2, 0.25) is 0 Å². The number of hydrogen-bond donors (Lipinski definition) is 1. The SMILES string of the molecule is Cc1cccc(OC(C)C(=O)Nc2ccc(N3CCCC3)nc2)c1. The number of anilines is 2. The Hall–Kier alpha value is -2.56. The first-order valence-electron chi connectivity index (χ1n) is 8.37. The molecule has 1 aromatic heterocycles. The first kappa shape index (κ1) is 16.3. The maximum absolute atomic E-state index is 12.3. The molecule has 1 unspecified atom stereocenters. The van der Waals surface area contributed by atoms with Gasteiger partial charge in [0.15, 0.2) is 6.10 Å². The Balaban J connectivity index is 1.57. The Morgan fingerprint density at radius 3 is 2.71 bits per heavy atom. The van der Waals surface area contributed by atoms with Gasteiger partial charge in [-0.1, -0.05) is 12.1 Å². The smallest absolute Gasteiger partial charge is 0.265 e. The first-order valence-corrected chi connectivity index (χ1v) is 8.37. The molecule has 3 rings (SSSR count). The van der Waals surface area contributed by atoms with E-state index in [0.717, 1.165) is 24.5 Å². The zero-order valence-electron chi connectivity index (χ0n) is 14.2. The van der Waals surface area contributed by atoms with Gasteiger partial charge in [-0.3, -0.25) is 4.79 Å². The molecule has 0 spiro atoms. The highest BCUT2D eigenvalue weighted by Crippen LogP contribution is 2.19. The standard InChI is InChI=1S/C19H23N3O2/c1-14-6-5-7-17(12-14)24-15(2)19(23)21-16-8-9-18(20-13-16)22-10-3-4-11-22/h5-9,12-13,15H,3-4,10-11H2,1-2H3,(H,21,23). The summed E-state index contributed by atoms with van der Waals surface area (Å²) in [4.78, 5) is 19.0. The summed E-state index contributed by atoms with van der Waals surface area (Å²) in [6.07, 6.45) is 3.55. The summed E-state index contributed by atoms with van der Waals surface area (Å²) in [5.74, 6) is 1.47. The van der Waals surface area contributed by atoms with Crippen LogP contribution in [0.3, 0.4) is 0 Å². The molecule has 0 bridgehead atoms. The number of carbonyl (C=O) groups excluding carboxylic acids is 1. The highest BCUT2D eigenvalue weighted by Gasteiger charge is 2.16. The van der Waals surface area contributed by atoms with Crippen LogP contribution in [0.15, 0.2) is 42.6 Å². The van der Waals surface area contributed by atoms with Crippen LogP contribution >= 0.6 is 0 Å². The number of nitrogens with zero attached hydrogens (tertiary/aromatic N) is 2. The quantitative estimate of drug-likeness (QED) is 0.915. The Morgan fingerprint density at radius 2 is 2.04 bits per heavy atom. The van der Waals surface area contributed by atoms with E-state index >= 15 is 0 Å². The highest BCUT2D eigenvalue weighted by atomic mass is 16.5. The van der Waals surface area contributed by atoms with Crippen molar-refractivity contribution in [2.24, 2.45) is 0 Å². The van der Waals surface area contributed by atoms with Gasteiger partial charge in [0.1, 0.15) is 11.6 Å². The normalized spacial score (nSPS) is 15.2. The van der Waals surface area contributed by atoms with Crippen LogP contribution in [0.4, 0.5) is 11.5 Å². The molecule has 2 aromatic rings. The van der Waals surface area contributed by atoms with E-state index in [-0.39, 0.29) is 5.91 Å². The number of ether oxygens (including phenoxy) is 1. The van der Waals surface area contributed by atoms with E-state index in [1.54, 1.807) is 13.1 Å². The summed E-state index contributed by atoms with van der Waals surface area (Å²) in [7, 11) is 0. The average molecular weight is 325 g/mol. The molecule has 1 N–H and O–H groups in total. The van der Waals surface area contributed by atoms with Crippen molar-refractivity contribution in [3.05, 3.63) is 48.2 Å². The molecule has 24 heavy (non-hydrogen) atoms. The van der Waals surface area contributed by atoms with Crippen LogP contribution in [0.2, 0.25) is 0 Å². The first-order chi connectivity index (χ1) is 11.6. The number of nitrogens with one attached hydrogen (secondary N) is 1. The third-order valence-corrected chi connectivity index (χ3v) is 4.12. The topological polar surface area (TPSA) is 54.5 Å². The minimum atomic E-state index is -0.579. The molecule has 5 nitrogen and oxygen atoms in total. The average Bonchev–Trinajstić information content (AvgIpc) is 3.10. The number of amides is 1. The second-order valence-corrected chi connectivity index (χ2v) is 6.17. The summed E-state index contributed by atoms with van der Waals surface area (Å²) in [5.41, 5.74) is 1.78. The lowest BCUT2D eigenvalue weighted by molar-refractivity contribution is -0.122. The fraction of sp³-hybridized carbons (Fsp3) is 0.368. The van der Waals surface area contributed by atoms with Crippen molar-refractivity contribution in [1.29, 1.82) is 0 Å². The number of pyridine rings is 1. The van der Waals surface area contributed by atoms with E-state index in [9.17, 15) is 4.79 Å². The monoisotopic (exact) mass is 325 g/mol. The Bertz CT molecular complexity index is 694.